The summed E-state index contributed by atoms with van der Waals surface area (Å²) in [7, 11) is 0. The molecule has 0 bridgehead atoms. The Hall–Kier alpha value is -0.340. The van der Waals surface area contributed by atoms with E-state index in [4.69, 9.17) is 4.74 Å². The lowest BCUT2D eigenvalue weighted by Crippen LogP contribution is -2.30. The van der Waals surface area contributed by atoms with Crippen molar-refractivity contribution < 1.29 is 4.74 Å². The van der Waals surface area contributed by atoms with Crippen LogP contribution in [-0.2, 0) is 4.74 Å². The van der Waals surface area contributed by atoms with Gasteiger partial charge in [-0.15, -0.1) is 0 Å². The molecule has 0 fully saturated rings. The number of allylic oxidation sites excluding steroid dienone is 1. The maximum Gasteiger partial charge on any atom is 0.108 e. The minimum Gasteiger partial charge on any atom is -0.364 e. The van der Waals surface area contributed by atoms with Gasteiger partial charge in [0.1, 0.15) is 6.23 Å². The maximum absolute atomic E-state index is 5.41. The van der Waals surface area contributed by atoms with Gasteiger partial charge in [-0.05, 0) is 19.8 Å². The van der Waals surface area contributed by atoms with Crippen LogP contribution in [0.2, 0.25) is 0 Å². The molecular weight excluding hydrogens is 126 g/mol. The van der Waals surface area contributed by atoms with Crippen molar-refractivity contribution in [2.75, 3.05) is 13.2 Å². The van der Waals surface area contributed by atoms with E-state index in [1.54, 1.807) is 0 Å². The molecule has 1 N–H and O–H groups in total. The second kappa shape index (κ2) is 4.47. The number of hydrogen-bond acceptors (Lipinski definition) is 2. The summed E-state index contributed by atoms with van der Waals surface area (Å²) in [5.74, 6) is 0. The zero-order valence-electron chi connectivity index (χ0n) is 6.47. The van der Waals surface area contributed by atoms with Crippen LogP contribution in [-0.4, -0.2) is 19.4 Å². The van der Waals surface area contributed by atoms with E-state index in [1.165, 1.54) is 0 Å². The Kier molecular flexibility index (Phi) is 3.47. The van der Waals surface area contributed by atoms with Crippen molar-refractivity contribution in [1.82, 2.24) is 5.32 Å². The largest absolute Gasteiger partial charge is 0.364 e. The van der Waals surface area contributed by atoms with Gasteiger partial charge in [0.25, 0.3) is 0 Å². The first-order chi connectivity index (χ1) is 4.93. The van der Waals surface area contributed by atoms with E-state index >= 15 is 0 Å². The fourth-order valence-electron chi connectivity index (χ4n) is 1.09. The molecule has 0 amide bonds. The Balaban J connectivity index is 2.20. The van der Waals surface area contributed by atoms with Gasteiger partial charge in [0.2, 0.25) is 0 Å². The molecule has 0 aromatic heterocycles. The molecule has 0 saturated heterocycles. The third kappa shape index (κ3) is 2.50. The van der Waals surface area contributed by atoms with Gasteiger partial charge in [0.05, 0.1) is 0 Å². The normalized spacial score (nSPS) is 26.3. The number of hydrogen-bond donors (Lipinski definition) is 1. The van der Waals surface area contributed by atoms with E-state index < -0.39 is 0 Å². The molecule has 0 aromatic carbocycles. The Morgan fingerprint density at radius 2 is 2.50 bits per heavy atom. The van der Waals surface area contributed by atoms with Gasteiger partial charge in [-0.2, -0.15) is 0 Å². The summed E-state index contributed by atoms with van der Waals surface area (Å²) in [5, 5.41) is 3.27. The van der Waals surface area contributed by atoms with Crippen LogP contribution >= 0.6 is 0 Å². The van der Waals surface area contributed by atoms with Crippen LogP contribution in [0.15, 0.2) is 12.2 Å². The Morgan fingerprint density at radius 3 is 3.30 bits per heavy atom. The molecule has 0 aliphatic carbocycles. The molecule has 0 spiro atoms. The standard InChI is InChI=1S/C8H15NO/c1-2-10-8-6-4-3-5-7-9-8/h3,5,8-9H,2,4,6-7H2,1H3. The molecule has 0 radical (unpaired) electrons. The van der Waals surface area contributed by atoms with Crippen LogP contribution in [0, 0.1) is 0 Å². The average Bonchev–Trinajstić information content (AvgIpc) is 2.17. The summed E-state index contributed by atoms with van der Waals surface area (Å²) in [5.41, 5.74) is 0. The van der Waals surface area contributed by atoms with E-state index in [1.807, 2.05) is 6.92 Å². The van der Waals surface area contributed by atoms with Gasteiger partial charge in [-0.3, -0.25) is 5.32 Å². The second-order valence-electron chi connectivity index (χ2n) is 2.40. The highest BCUT2D eigenvalue weighted by Crippen LogP contribution is 2.02. The van der Waals surface area contributed by atoms with Gasteiger partial charge < -0.3 is 4.74 Å². The summed E-state index contributed by atoms with van der Waals surface area (Å²) in [6.45, 7) is 3.78. The summed E-state index contributed by atoms with van der Waals surface area (Å²) in [6, 6.07) is 0. The number of ether oxygens (including phenoxy) is 1. The van der Waals surface area contributed by atoms with Crippen molar-refractivity contribution in [1.29, 1.82) is 0 Å². The van der Waals surface area contributed by atoms with Crippen molar-refractivity contribution in [2.45, 2.75) is 26.0 Å². The fraction of sp³-hybridized carbons (Fsp3) is 0.750. The Labute approximate surface area is 62.3 Å². The van der Waals surface area contributed by atoms with E-state index in [9.17, 15) is 0 Å². The van der Waals surface area contributed by atoms with Gasteiger partial charge in [-0.1, -0.05) is 12.2 Å². The Bertz CT molecular complexity index is 102. The fourth-order valence-corrected chi connectivity index (χ4v) is 1.09. The smallest absolute Gasteiger partial charge is 0.108 e. The van der Waals surface area contributed by atoms with Crippen LogP contribution in [0.5, 0.6) is 0 Å². The SMILES string of the molecule is CCOC1CCC=CCN1. The van der Waals surface area contributed by atoms with Gasteiger partial charge in [-0.25, -0.2) is 0 Å². The highest BCUT2D eigenvalue weighted by molar-refractivity contribution is 4.87. The monoisotopic (exact) mass is 141 g/mol. The molecule has 1 rings (SSSR count). The molecular formula is C8H15NO. The number of nitrogens with one attached hydrogen (secondary N) is 1. The van der Waals surface area contributed by atoms with Crippen LogP contribution in [0.3, 0.4) is 0 Å². The molecule has 1 aliphatic heterocycles. The average molecular weight is 141 g/mol. The highest BCUT2D eigenvalue weighted by Gasteiger charge is 2.06. The molecule has 58 valence electrons. The summed E-state index contributed by atoms with van der Waals surface area (Å²) < 4.78 is 5.41. The zero-order chi connectivity index (χ0) is 7.23. The van der Waals surface area contributed by atoms with Gasteiger partial charge in [0.15, 0.2) is 0 Å². The Morgan fingerprint density at radius 1 is 1.60 bits per heavy atom. The number of rotatable bonds is 2. The van der Waals surface area contributed by atoms with Gasteiger partial charge >= 0.3 is 0 Å². The van der Waals surface area contributed by atoms with Crippen LogP contribution in [0.4, 0.5) is 0 Å². The van der Waals surface area contributed by atoms with Crippen LogP contribution in [0.25, 0.3) is 0 Å². The second-order valence-corrected chi connectivity index (χ2v) is 2.40. The molecule has 2 nitrogen and oxygen atoms in total. The topological polar surface area (TPSA) is 21.3 Å². The quantitative estimate of drug-likeness (QED) is 0.585. The summed E-state index contributed by atoms with van der Waals surface area (Å²) >= 11 is 0. The van der Waals surface area contributed by atoms with Crippen molar-refractivity contribution >= 4 is 0 Å². The van der Waals surface area contributed by atoms with E-state index in [0.717, 1.165) is 26.0 Å². The van der Waals surface area contributed by atoms with Crippen LogP contribution in [0.1, 0.15) is 19.8 Å². The predicted molar refractivity (Wildman–Crippen MR) is 41.8 cm³/mol. The van der Waals surface area contributed by atoms with E-state index in [-0.39, 0.29) is 6.23 Å². The molecule has 1 aliphatic rings. The first kappa shape index (κ1) is 7.76. The lowest BCUT2D eigenvalue weighted by molar-refractivity contribution is 0.0370. The first-order valence-corrected chi connectivity index (χ1v) is 3.93. The molecule has 1 atom stereocenters. The molecule has 1 unspecified atom stereocenters. The molecule has 2 heteroatoms. The summed E-state index contributed by atoms with van der Waals surface area (Å²) in [6.07, 6.45) is 6.87. The summed E-state index contributed by atoms with van der Waals surface area (Å²) in [4.78, 5) is 0. The van der Waals surface area contributed by atoms with Crippen LogP contribution < -0.4 is 5.32 Å². The first-order valence-electron chi connectivity index (χ1n) is 3.93. The van der Waals surface area contributed by atoms with Gasteiger partial charge in [0, 0.05) is 13.2 Å². The highest BCUT2D eigenvalue weighted by atomic mass is 16.5. The molecule has 0 aromatic rings. The van der Waals surface area contributed by atoms with Crippen molar-refractivity contribution in [3.05, 3.63) is 12.2 Å². The van der Waals surface area contributed by atoms with Crippen molar-refractivity contribution in [3.63, 3.8) is 0 Å². The van der Waals surface area contributed by atoms with Crippen molar-refractivity contribution in [3.8, 4) is 0 Å². The van der Waals surface area contributed by atoms with E-state index in [2.05, 4.69) is 17.5 Å². The minimum atomic E-state index is 0.278. The molecule has 10 heavy (non-hydrogen) atoms. The van der Waals surface area contributed by atoms with E-state index in [0.29, 0.717) is 0 Å². The zero-order valence-corrected chi connectivity index (χ0v) is 6.47. The maximum atomic E-state index is 5.41. The third-order valence-electron chi connectivity index (χ3n) is 1.59. The minimum absolute atomic E-state index is 0.278. The lowest BCUT2D eigenvalue weighted by atomic mass is 10.3. The van der Waals surface area contributed by atoms with Crippen molar-refractivity contribution in [2.24, 2.45) is 0 Å². The lowest BCUT2D eigenvalue weighted by Gasteiger charge is -2.14. The third-order valence-corrected chi connectivity index (χ3v) is 1.59. The molecule has 1 heterocycles. The molecule has 0 saturated carbocycles. The predicted octanol–water partition coefficient (Wildman–Crippen LogP) is 1.29.